The molecule has 0 aromatic heterocycles. The van der Waals surface area contributed by atoms with Crippen LogP contribution in [0.5, 0.6) is 5.75 Å². The van der Waals surface area contributed by atoms with Crippen molar-refractivity contribution >= 4 is 47.8 Å². The van der Waals surface area contributed by atoms with Gasteiger partial charge < -0.3 is 10.1 Å². The molecule has 0 amide bonds. The summed E-state index contributed by atoms with van der Waals surface area (Å²) >= 11 is 10.8. The highest BCUT2D eigenvalue weighted by atomic mass is 79.9. The Morgan fingerprint density at radius 3 is 2.29 bits per heavy atom. The summed E-state index contributed by atoms with van der Waals surface area (Å²) in [5, 5.41) is 3.37. The molecule has 1 N–H and O–H groups in total. The van der Waals surface area contributed by atoms with Crippen LogP contribution in [0.2, 0.25) is 0 Å². The Hall–Kier alpha value is -0.360. The van der Waals surface area contributed by atoms with Gasteiger partial charge in [0, 0.05) is 8.95 Å². The number of methoxy groups -OCH3 is 1. The van der Waals surface area contributed by atoms with Crippen LogP contribution in [0.3, 0.4) is 0 Å². The van der Waals surface area contributed by atoms with Crippen molar-refractivity contribution in [3.63, 3.8) is 0 Å². The molecule has 2 nitrogen and oxygen atoms in total. The third-order valence-electron chi connectivity index (χ3n) is 3.39. The summed E-state index contributed by atoms with van der Waals surface area (Å²) in [5.74, 6) is 0.831. The van der Waals surface area contributed by atoms with E-state index < -0.39 is 0 Å². The van der Waals surface area contributed by atoms with Crippen molar-refractivity contribution in [1.29, 1.82) is 0 Å². The predicted molar refractivity (Wildman–Crippen MR) is 98.2 cm³/mol. The highest BCUT2D eigenvalue weighted by molar-refractivity contribution is 9.11. The largest absolute Gasteiger partial charge is 0.496 e. The summed E-state index contributed by atoms with van der Waals surface area (Å²) in [5.41, 5.74) is 3.56. The molecule has 5 heteroatoms. The molecular weight excluding hydrogens is 462 g/mol. The van der Waals surface area contributed by atoms with Crippen molar-refractivity contribution in [3.05, 3.63) is 60.4 Å². The fourth-order valence-electron chi connectivity index (χ4n) is 2.25. The molecule has 112 valence electrons. The maximum Gasteiger partial charge on any atom is 0.133 e. The average molecular weight is 478 g/mol. The van der Waals surface area contributed by atoms with Crippen LogP contribution in [0.15, 0.2) is 43.7 Å². The number of ether oxygens (including phenoxy) is 1. The summed E-state index contributed by atoms with van der Waals surface area (Å²) in [6.07, 6.45) is 0. The lowest BCUT2D eigenvalue weighted by molar-refractivity contribution is 0.412. The molecule has 0 heterocycles. The normalized spacial score (nSPS) is 12.3. The van der Waals surface area contributed by atoms with Crippen molar-refractivity contribution in [2.75, 3.05) is 14.2 Å². The fraction of sp³-hybridized carbons (Fsp3) is 0.250. The van der Waals surface area contributed by atoms with Crippen molar-refractivity contribution in [2.45, 2.75) is 13.0 Å². The lowest BCUT2D eigenvalue weighted by atomic mass is 9.98. The van der Waals surface area contributed by atoms with Crippen LogP contribution in [-0.2, 0) is 0 Å². The van der Waals surface area contributed by atoms with Gasteiger partial charge >= 0.3 is 0 Å². The average Bonchev–Trinajstić information content (AvgIpc) is 2.45. The van der Waals surface area contributed by atoms with E-state index in [4.69, 9.17) is 4.74 Å². The van der Waals surface area contributed by atoms with E-state index in [1.165, 1.54) is 16.7 Å². The first-order valence-corrected chi connectivity index (χ1v) is 8.82. The molecule has 0 saturated carbocycles. The van der Waals surface area contributed by atoms with Crippen molar-refractivity contribution in [3.8, 4) is 5.75 Å². The molecule has 1 unspecified atom stereocenters. The summed E-state index contributed by atoms with van der Waals surface area (Å²) in [4.78, 5) is 0. The number of rotatable bonds is 4. The summed E-state index contributed by atoms with van der Waals surface area (Å²) in [7, 11) is 3.63. The maximum atomic E-state index is 5.29. The van der Waals surface area contributed by atoms with Gasteiger partial charge in [0.2, 0.25) is 0 Å². The Kier molecular flexibility index (Phi) is 5.88. The Balaban J connectivity index is 2.49. The summed E-state index contributed by atoms with van der Waals surface area (Å²) in [6.45, 7) is 2.08. The monoisotopic (exact) mass is 475 g/mol. The topological polar surface area (TPSA) is 21.3 Å². The van der Waals surface area contributed by atoms with Gasteiger partial charge in [0.15, 0.2) is 0 Å². The van der Waals surface area contributed by atoms with Gasteiger partial charge in [-0.25, -0.2) is 0 Å². The Bertz CT molecular complexity index is 658. The number of hydrogen-bond donors (Lipinski definition) is 1. The van der Waals surface area contributed by atoms with Crippen LogP contribution in [0, 0.1) is 6.92 Å². The van der Waals surface area contributed by atoms with E-state index in [1.54, 1.807) is 7.11 Å². The highest BCUT2D eigenvalue weighted by Gasteiger charge is 2.17. The fourth-order valence-corrected chi connectivity index (χ4v) is 3.85. The third-order valence-corrected chi connectivity index (χ3v) is 5.55. The molecule has 2 aromatic carbocycles. The van der Waals surface area contributed by atoms with Gasteiger partial charge in [-0.05, 0) is 70.9 Å². The van der Waals surface area contributed by atoms with Crippen LogP contribution in [0.4, 0.5) is 0 Å². The van der Waals surface area contributed by atoms with E-state index in [0.29, 0.717) is 0 Å². The lowest BCUT2D eigenvalue weighted by Crippen LogP contribution is -2.18. The molecule has 0 spiro atoms. The first-order valence-electron chi connectivity index (χ1n) is 6.44. The smallest absolute Gasteiger partial charge is 0.133 e. The lowest BCUT2D eigenvalue weighted by Gasteiger charge is -2.20. The number of nitrogens with one attached hydrogen (secondary N) is 1. The van der Waals surface area contributed by atoms with E-state index in [-0.39, 0.29) is 6.04 Å². The van der Waals surface area contributed by atoms with E-state index in [1.807, 2.05) is 13.1 Å². The molecule has 2 rings (SSSR count). The Morgan fingerprint density at radius 1 is 1.00 bits per heavy atom. The number of halogens is 3. The van der Waals surface area contributed by atoms with E-state index in [2.05, 4.69) is 84.3 Å². The molecule has 0 radical (unpaired) electrons. The van der Waals surface area contributed by atoms with Crippen LogP contribution in [0.25, 0.3) is 0 Å². The van der Waals surface area contributed by atoms with Crippen LogP contribution >= 0.6 is 47.8 Å². The van der Waals surface area contributed by atoms with E-state index in [0.717, 1.165) is 19.2 Å². The second-order valence-electron chi connectivity index (χ2n) is 4.74. The quantitative estimate of drug-likeness (QED) is 0.619. The van der Waals surface area contributed by atoms with Gasteiger partial charge in [-0.3, -0.25) is 0 Å². The van der Waals surface area contributed by atoms with Crippen LogP contribution in [0.1, 0.15) is 22.7 Å². The molecule has 1 atom stereocenters. The minimum absolute atomic E-state index is 0.0958. The van der Waals surface area contributed by atoms with E-state index in [9.17, 15) is 0 Å². The molecule has 0 fully saturated rings. The Labute approximate surface area is 150 Å². The van der Waals surface area contributed by atoms with Crippen molar-refractivity contribution < 1.29 is 4.74 Å². The van der Waals surface area contributed by atoms with Crippen LogP contribution in [-0.4, -0.2) is 14.2 Å². The predicted octanol–water partition coefficient (Wildman–Crippen LogP) is 5.60. The van der Waals surface area contributed by atoms with Gasteiger partial charge in [-0.2, -0.15) is 0 Å². The van der Waals surface area contributed by atoms with Gasteiger partial charge in [-0.15, -0.1) is 0 Å². The molecular formula is C16H16Br3NO. The first-order chi connectivity index (χ1) is 9.97. The van der Waals surface area contributed by atoms with Gasteiger partial charge in [0.05, 0.1) is 17.6 Å². The van der Waals surface area contributed by atoms with Gasteiger partial charge in [0.25, 0.3) is 0 Å². The first kappa shape index (κ1) is 17.0. The molecule has 0 saturated heterocycles. The molecule has 2 aromatic rings. The molecule has 21 heavy (non-hydrogen) atoms. The zero-order valence-corrected chi connectivity index (χ0v) is 16.8. The van der Waals surface area contributed by atoms with Gasteiger partial charge in [-0.1, -0.05) is 37.9 Å². The molecule has 0 aliphatic carbocycles. The minimum Gasteiger partial charge on any atom is -0.496 e. The SMILES string of the molecule is CNC(c1ccc(OC)c(Br)c1)c1cc(Br)c(C)cc1Br. The number of hydrogen-bond acceptors (Lipinski definition) is 2. The molecule has 0 aliphatic heterocycles. The van der Waals surface area contributed by atoms with Crippen molar-refractivity contribution in [1.82, 2.24) is 5.32 Å². The Morgan fingerprint density at radius 2 is 1.71 bits per heavy atom. The van der Waals surface area contributed by atoms with Gasteiger partial charge in [0.1, 0.15) is 5.75 Å². The van der Waals surface area contributed by atoms with Crippen LogP contribution < -0.4 is 10.1 Å². The highest BCUT2D eigenvalue weighted by Crippen LogP contribution is 2.35. The number of benzene rings is 2. The molecule has 0 bridgehead atoms. The standard InChI is InChI=1S/C16H16Br3NO/c1-9-6-13(18)11(8-12(9)17)16(20-2)10-4-5-15(21-3)14(19)7-10/h4-8,16,20H,1-3H3. The zero-order chi connectivity index (χ0) is 15.6. The van der Waals surface area contributed by atoms with Crippen molar-refractivity contribution in [2.24, 2.45) is 0 Å². The maximum absolute atomic E-state index is 5.29. The second kappa shape index (κ2) is 7.27. The second-order valence-corrected chi connectivity index (χ2v) is 7.30. The minimum atomic E-state index is 0.0958. The third kappa shape index (κ3) is 3.70. The summed E-state index contributed by atoms with van der Waals surface area (Å²) in [6, 6.07) is 10.5. The number of aryl methyl sites for hydroxylation is 1. The van der Waals surface area contributed by atoms with E-state index >= 15 is 0 Å². The zero-order valence-electron chi connectivity index (χ0n) is 12.0. The summed E-state index contributed by atoms with van der Waals surface area (Å²) < 4.78 is 8.44. The molecule has 0 aliphatic rings.